The zero-order chi connectivity index (χ0) is 28.6. The summed E-state index contributed by atoms with van der Waals surface area (Å²) in [5.41, 5.74) is 7.46. The largest absolute Gasteiger partial charge is 0.490 e. The maximum absolute atomic E-state index is 11.2. The Kier molecular flexibility index (Phi) is 10.1. The molecule has 0 bridgehead atoms. The van der Waals surface area contributed by atoms with Gasteiger partial charge in [0.2, 0.25) is 11.9 Å². The lowest BCUT2D eigenvalue weighted by Crippen LogP contribution is -2.44. The van der Waals surface area contributed by atoms with Gasteiger partial charge in [0, 0.05) is 6.54 Å². The van der Waals surface area contributed by atoms with Gasteiger partial charge in [-0.25, -0.2) is 4.98 Å². The van der Waals surface area contributed by atoms with Crippen molar-refractivity contribution in [3.05, 3.63) is 48.0 Å². The predicted octanol–water partition coefficient (Wildman–Crippen LogP) is -0.137. The van der Waals surface area contributed by atoms with Crippen molar-refractivity contribution >= 4 is 22.9 Å². The van der Waals surface area contributed by atoms with Gasteiger partial charge in [-0.3, -0.25) is 9.36 Å². The van der Waals surface area contributed by atoms with Crippen LogP contribution in [0, 0.1) is 0 Å². The van der Waals surface area contributed by atoms with Crippen molar-refractivity contribution in [2.75, 3.05) is 38.3 Å². The van der Waals surface area contributed by atoms with Gasteiger partial charge in [0.05, 0.1) is 37.5 Å². The number of carbonyl (C=O) groups excluding carboxylic acids is 1. The zero-order valence-corrected chi connectivity index (χ0v) is 22.3. The summed E-state index contributed by atoms with van der Waals surface area (Å²) in [7, 11) is 0. The number of hydrogen-bond donors (Lipinski definition) is 7. The fourth-order valence-electron chi connectivity index (χ4n) is 4.54. The van der Waals surface area contributed by atoms with E-state index in [0.717, 1.165) is 5.56 Å². The number of imidazole rings is 1. The van der Waals surface area contributed by atoms with Gasteiger partial charge in [-0.15, -0.1) is 0 Å². The van der Waals surface area contributed by atoms with Crippen LogP contribution >= 0.6 is 0 Å². The molecule has 4 rings (SSSR count). The Morgan fingerprint density at radius 3 is 2.65 bits per heavy atom. The molecule has 5 atom stereocenters. The number of aromatic nitrogens is 2. The highest BCUT2D eigenvalue weighted by Gasteiger charge is 2.44. The molecule has 40 heavy (non-hydrogen) atoms. The Labute approximate surface area is 231 Å². The summed E-state index contributed by atoms with van der Waals surface area (Å²) >= 11 is 0. The van der Waals surface area contributed by atoms with E-state index >= 15 is 0 Å². The smallest absolute Gasteiger partial charge is 0.236 e. The number of amides is 1. The number of hydrogen-bond acceptors (Lipinski definition) is 11. The van der Waals surface area contributed by atoms with Crippen molar-refractivity contribution in [3.63, 3.8) is 0 Å². The summed E-state index contributed by atoms with van der Waals surface area (Å²) in [4.78, 5) is 15.9. The lowest BCUT2D eigenvalue weighted by atomic mass is 10.1. The summed E-state index contributed by atoms with van der Waals surface area (Å²) < 4.78 is 19.1. The fourth-order valence-corrected chi connectivity index (χ4v) is 4.54. The van der Waals surface area contributed by atoms with Gasteiger partial charge < -0.3 is 51.0 Å². The minimum Gasteiger partial charge on any atom is -0.490 e. The lowest BCUT2D eigenvalue weighted by molar-refractivity contribution is -0.120. The molecule has 1 saturated heterocycles. The first kappa shape index (κ1) is 29.5. The molecule has 1 amide bonds. The third-order valence-electron chi connectivity index (χ3n) is 6.62. The summed E-state index contributed by atoms with van der Waals surface area (Å²) in [5, 5.41) is 45.9. The monoisotopic (exact) mass is 559 g/mol. The van der Waals surface area contributed by atoms with E-state index in [0.29, 0.717) is 61.2 Å². The fraction of sp³-hybridized carbons (Fsp3) is 0.481. The number of anilines is 1. The second kappa shape index (κ2) is 13.7. The van der Waals surface area contributed by atoms with E-state index in [1.165, 1.54) is 0 Å². The number of fused-ring (bicyclic) bond motifs is 1. The number of rotatable bonds is 15. The van der Waals surface area contributed by atoms with Crippen LogP contribution in [0.1, 0.15) is 25.1 Å². The Bertz CT molecular complexity index is 1270. The van der Waals surface area contributed by atoms with E-state index in [1.54, 1.807) is 4.57 Å². The third kappa shape index (κ3) is 6.63. The minimum absolute atomic E-state index is 0.335. The molecular weight excluding hydrogens is 522 g/mol. The minimum atomic E-state index is -1.26. The van der Waals surface area contributed by atoms with Gasteiger partial charge in [-0.05, 0) is 49.7 Å². The number of ether oxygens (including phenoxy) is 3. The Morgan fingerprint density at radius 2 is 1.95 bits per heavy atom. The number of nitrogens with one attached hydrogen (secondary N) is 2. The lowest BCUT2D eigenvalue weighted by Gasteiger charge is -2.20. The molecule has 13 heteroatoms. The summed E-state index contributed by atoms with van der Waals surface area (Å²) in [6.45, 7) is 2.65. The van der Waals surface area contributed by atoms with Gasteiger partial charge >= 0.3 is 0 Å². The van der Waals surface area contributed by atoms with Gasteiger partial charge in [0.15, 0.2) is 17.7 Å². The highest BCUT2D eigenvalue weighted by atomic mass is 16.6. The van der Waals surface area contributed by atoms with Crippen molar-refractivity contribution in [3.8, 4) is 11.5 Å². The Hall–Kier alpha value is -3.46. The first-order valence-electron chi connectivity index (χ1n) is 13.2. The van der Waals surface area contributed by atoms with Crippen LogP contribution in [0.15, 0.2) is 42.5 Å². The molecule has 0 radical (unpaired) electrons. The van der Waals surface area contributed by atoms with Crippen molar-refractivity contribution in [2.24, 2.45) is 5.73 Å². The molecule has 0 aliphatic carbocycles. The van der Waals surface area contributed by atoms with E-state index in [-0.39, 0.29) is 6.61 Å². The molecule has 1 aliphatic heterocycles. The van der Waals surface area contributed by atoms with Crippen LogP contribution in [0.2, 0.25) is 0 Å². The molecule has 2 aromatic carbocycles. The molecular formula is C27H37N5O8. The molecule has 13 nitrogen and oxygen atoms in total. The van der Waals surface area contributed by atoms with Crippen molar-refractivity contribution in [1.82, 2.24) is 14.9 Å². The van der Waals surface area contributed by atoms with Crippen molar-refractivity contribution < 1.29 is 39.4 Å². The van der Waals surface area contributed by atoms with Gasteiger partial charge in [-0.2, -0.15) is 0 Å². The second-order valence-electron chi connectivity index (χ2n) is 9.38. The number of para-hydroxylation sites is 2. The highest BCUT2D eigenvalue weighted by Crippen LogP contribution is 2.35. The number of nitrogens with zero attached hydrogens (tertiary/aromatic N) is 2. The molecule has 0 unspecified atom stereocenters. The highest BCUT2D eigenvalue weighted by molar-refractivity contribution is 5.80. The van der Waals surface area contributed by atoms with E-state index in [2.05, 4.69) is 15.6 Å². The van der Waals surface area contributed by atoms with E-state index < -0.39 is 43.1 Å². The number of nitrogens with two attached hydrogens (primary N) is 1. The van der Waals surface area contributed by atoms with Crippen LogP contribution < -0.4 is 25.8 Å². The average Bonchev–Trinajstić information content (AvgIpc) is 3.46. The number of carbonyl (C=O) groups is 1. The maximum Gasteiger partial charge on any atom is 0.236 e. The number of aliphatic hydroxyl groups excluding tert-OH is 4. The Balaban J connectivity index is 1.47. The molecule has 1 aromatic heterocycles. The average molecular weight is 560 g/mol. The van der Waals surface area contributed by atoms with Crippen LogP contribution in [0.4, 0.5) is 5.95 Å². The first-order chi connectivity index (χ1) is 19.4. The second-order valence-corrected chi connectivity index (χ2v) is 9.38. The zero-order valence-electron chi connectivity index (χ0n) is 22.3. The molecule has 1 fully saturated rings. The third-order valence-corrected chi connectivity index (χ3v) is 6.62. The standard InChI is InChI=1S/C27H37N5O8/c1-2-38-20-9-8-16(12-21(20)39-11-5-10-29-18(14-33)25(28)37)13-30-27-31-17-6-3-4-7-19(17)32(27)26-24(36)23(35)22(15-34)40-26/h3-4,6-9,12,18,22-24,26,29,33-36H,2,5,10-11,13-15H2,1H3,(H2,28,37)(H,30,31)/t18-,22+,23+,24+,26+/m0/s1. The van der Waals surface area contributed by atoms with E-state index in [4.69, 9.17) is 19.9 Å². The van der Waals surface area contributed by atoms with Gasteiger partial charge in [0.25, 0.3) is 0 Å². The van der Waals surface area contributed by atoms with E-state index in [1.807, 2.05) is 49.4 Å². The summed E-state index contributed by atoms with van der Waals surface area (Å²) in [6, 6.07) is 12.1. The summed E-state index contributed by atoms with van der Waals surface area (Å²) in [5.74, 6) is 0.940. The van der Waals surface area contributed by atoms with Crippen LogP contribution in [0.5, 0.6) is 11.5 Å². The maximum atomic E-state index is 11.2. The number of benzene rings is 2. The topological polar surface area (TPSA) is 194 Å². The van der Waals surface area contributed by atoms with E-state index in [9.17, 15) is 25.2 Å². The predicted molar refractivity (Wildman–Crippen MR) is 146 cm³/mol. The molecule has 8 N–H and O–H groups in total. The molecule has 2 heterocycles. The molecule has 0 saturated carbocycles. The summed E-state index contributed by atoms with van der Waals surface area (Å²) in [6.07, 6.45) is -3.80. The molecule has 0 spiro atoms. The number of aliphatic hydroxyl groups is 4. The molecule has 218 valence electrons. The van der Waals surface area contributed by atoms with Crippen molar-refractivity contribution in [2.45, 2.75) is 50.5 Å². The SMILES string of the molecule is CCOc1ccc(CNc2nc3ccccc3n2[C@@H]2O[C@H](CO)[C@@H](O)[C@H]2O)cc1OCCCN[C@@H](CO)C(N)=O. The van der Waals surface area contributed by atoms with Crippen LogP contribution in [-0.4, -0.2) is 93.2 Å². The van der Waals surface area contributed by atoms with Crippen LogP contribution in [-0.2, 0) is 16.1 Å². The normalized spacial score (nSPS) is 21.4. The van der Waals surface area contributed by atoms with Crippen LogP contribution in [0.25, 0.3) is 11.0 Å². The van der Waals surface area contributed by atoms with Gasteiger partial charge in [0.1, 0.15) is 24.4 Å². The van der Waals surface area contributed by atoms with Crippen LogP contribution in [0.3, 0.4) is 0 Å². The molecule has 3 aromatic rings. The van der Waals surface area contributed by atoms with Gasteiger partial charge in [-0.1, -0.05) is 18.2 Å². The quantitative estimate of drug-likeness (QED) is 0.123. The number of primary amides is 1. The Morgan fingerprint density at radius 1 is 1.15 bits per heavy atom. The first-order valence-corrected chi connectivity index (χ1v) is 13.2. The van der Waals surface area contributed by atoms with Crippen molar-refractivity contribution in [1.29, 1.82) is 0 Å². The molecule has 1 aliphatic rings.